The zero-order valence-electron chi connectivity index (χ0n) is 41.3. The highest BCUT2D eigenvalue weighted by molar-refractivity contribution is 6.15. The summed E-state index contributed by atoms with van der Waals surface area (Å²) in [5.74, 6) is 0. The molecule has 15 rings (SSSR count). The van der Waals surface area contributed by atoms with E-state index < -0.39 is 11.7 Å². The third-order valence-corrected chi connectivity index (χ3v) is 15.6. The van der Waals surface area contributed by atoms with E-state index in [-0.39, 0.29) is 5.69 Å². The molecule has 15 aromatic rings. The van der Waals surface area contributed by atoms with Gasteiger partial charge in [0.05, 0.1) is 68.7 Å². The Morgan fingerprint density at radius 3 is 1.17 bits per heavy atom. The van der Waals surface area contributed by atoms with Gasteiger partial charge in [0.25, 0.3) is 0 Å². The van der Waals surface area contributed by atoms with Gasteiger partial charge in [-0.2, -0.15) is 13.2 Å². The van der Waals surface area contributed by atoms with Crippen molar-refractivity contribution < 1.29 is 13.2 Å². The number of hydrogen-bond donors (Lipinski definition) is 0. The largest absolute Gasteiger partial charge is 0.415 e. The van der Waals surface area contributed by atoms with Crippen molar-refractivity contribution in [2.75, 3.05) is 0 Å². The molecule has 0 saturated heterocycles. The molecule has 4 aromatic heterocycles. The number of alkyl halides is 3. The molecule has 78 heavy (non-hydrogen) atoms. The summed E-state index contributed by atoms with van der Waals surface area (Å²) in [5.41, 5.74) is 13.6. The lowest BCUT2D eigenvalue weighted by atomic mass is 9.95. The molecule has 9 heteroatoms. The summed E-state index contributed by atoms with van der Waals surface area (Å²) in [4.78, 5) is 7.64. The number of hydrogen-bond acceptors (Lipinski definition) is 0. The van der Waals surface area contributed by atoms with Crippen LogP contribution in [0.15, 0.2) is 237 Å². The summed E-state index contributed by atoms with van der Waals surface area (Å²) in [6.07, 6.45) is -4.63. The zero-order valence-corrected chi connectivity index (χ0v) is 41.3. The number of para-hydroxylation sites is 6. The van der Waals surface area contributed by atoms with Crippen LogP contribution in [-0.2, 0) is 6.18 Å². The van der Waals surface area contributed by atoms with Gasteiger partial charge < -0.3 is 18.3 Å². The summed E-state index contributed by atoms with van der Waals surface area (Å²) >= 11 is 0. The second-order valence-corrected chi connectivity index (χ2v) is 19.7. The van der Waals surface area contributed by atoms with E-state index in [0.29, 0.717) is 16.8 Å². The van der Waals surface area contributed by atoms with Crippen molar-refractivity contribution in [3.05, 3.63) is 265 Å². The number of fused-ring (bicyclic) bond motifs is 12. The molecule has 0 aliphatic carbocycles. The van der Waals surface area contributed by atoms with Gasteiger partial charge in [0, 0.05) is 65.6 Å². The first-order valence-electron chi connectivity index (χ1n) is 25.5. The normalized spacial score (nSPS) is 12.0. The Hall–Kier alpha value is -10.6. The van der Waals surface area contributed by atoms with E-state index in [1.165, 1.54) is 16.8 Å². The minimum atomic E-state index is -4.63. The fourth-order valence-corrected chi connectivity index (χ4v) is 12.3. The first-order valence-corrected chi connectivity index (χ1v) is 25.5. The maximum absolute atomic E-state index is 14.2. The number of rotatable bonds is 6. The predicted octanol–water partition coefficient (Wildman–Crippen LogP) is 19.5. The minimum Gasteiger partial charge on any atom is -0.309 e. The van der Waals surface area contributed by atoms with Crippen molar-refractivity contribution in [2.24, 2.45) is 0 Å². The van der Waals surface area contributed by atoms with Crippen LogP contribution in [0, 0.1) is 13.1 Å². The monoisotopic (exact) mass is 1010 g/mol. The topological polar surface area (TPSA) is 28.4 Å². The second kappa shape index (κ2) is 17.0. The Labute approximate surface area is 444 Å². The molecule has 4 heterocycles. The third kappa shape index (κ3) is 6.62. The molecule has 0 unspecified atom stereocenters. The summed E-state index contributed by atoms with van der Waals surface area (Å²) in [5, 5.41) is 8.77. The molecule has 0 atom stereocenters. The Bertz CT molecular complexity index is 5020. The molecule has 366 valence electrons. The van der Waals surface area contributed by atoms with Crippen molar-refractivity contribution in [1.82, 2.24) is 18.3 Å². The van der Waals surface area contributed by atoms with Gasteiger partial charge in [-0.05, 0) is 114 Å². The van der Waals surface area contributed by atoms with Gasteiger partial charge >= 0.3 is 6.18 Å². The molecule has 0 amide bonds. The number of aromatic nitrogens is 4. The molecule has 0 N–H and O–H groups in total. The lowest BCUT2D eigenvalue weighted by Gasteiger charge is -2.21. The fourth-order valence-electron chi connectivity index (χ4n) is 12.3. The molecule has 0 aliphatic rings. The fraction of sp³-hybridized carbons (Fsp3) is 0.0145. The highest BCUT2D eigenvalue weighted by Gasteiger charge is 2.31. The first kappa shape index (κ1) is 44.8. The van der Waals surface area contributed by atoms with Crippen LogP contribution in [0.2, 0.25) is 0 Å². The maximum atomic E-state index is 14.2. The van der Waals surface area contributed by atoms with Gasteiger partial charge in [0.2, 0.25) is 0 Å². The van der Waals surface area contributed by atoms with Crippen LogP contribution in [0.1, 0.15) is 5.56 Å². The quantitative estimate of drug-likeness (QED) is 0.149. The van der Waals surface area contributed by atoms with E-state index in [9.17, 15) is 13.2 Å². The lowest BCUT2D eigenvalue weighted by molar-refractivity contribution is -0.137. The number of nitrogens with zero attached hydrogens (tertiary/aromatic N) is 6. The third-order valence-electron chi connectivity index (χ3n) is 15.6. The van der Waals surface area contributed by atoms with E-state index >= 15 is 0 Å². The van der Waals surface area contributed by atoms with Gasteiger partial charge in [-0.15, -0.1) is 0 Å². The highest BCUT2D eigenvalue weighted by atomic mass is 19.4. The van der Waals surface area contributed by atoms with Gasteiger partial charge in [-0.1, -0.05) is 140 Å². The molecule has 0 aliphatic heterocycles. The molecular formula is C69H39F3N6. The van der Waals surface area contributed by atoms with Crippen LogP contribution in [0.5, 0.6) is 0 Å². The van der Waals surface area contributed by atoms with Crippen LogP contribution >= 0.6 is 0 Å². The van der Waals surface area contributed by atoms with Gasteiger partial charge in [-0.3, -0.25) is 0 Å². The van der Waals surface area contributed by atoms with E-state index in [4.69, 9.17) is 13.1 Å². The van der Waals surface area contributed by atoms with Crippen LogP contribution in [0.4, 0.5) is 24.5 Å². The molecular weight excluding hydrogens is 970 g/mol. The van der Waals surface area contributed by atoms with Crippen LogP contribution in [-0.4, -0.2) is 18.3 Å². The SMILES string of the molecule is [C-]#[N+]c1ccc(-n2c3ccccc3c3cc(-n4c5ccccc5c5ccccc54)ccc32)c(-c2ccc(-c3ccc(C(F)(F)F)cc3[N+]#[C-])cc2-n2c3ccccc3c3cc(-n4c5ccccc5c5ccccc54)ccc32)c1. The Morgan fingerprint density at radius 1 is 0.308 bits per heavy atom. The molecule has 6 nitrogen and oxygen atoms in total. The number of benzene rings is 11. The smallest absolute Gasteiger partial charge is 0.309 e. The number of halogens is 3. The van der Waals surface area contributed by atoms with E-state index in [1.807, 2.05) is 54.6 Å². The zero-order chi connectivity index (χ0) is 52.4. The summed E-state index contributed by atoms with van der Waals surface area (Å²) < 4.78 is 51.6. The molecule has 0 saturated carbocycles. The van der Waals surface area contributed by atoms with E-state index in [2.05, 4.69) is 192 Å². The highest BCUT2D eigenvalue weighted by Crippen LogP contribution is 2.46. The van der Waals surface area contributed by atoms with Crippen molar-refractivity contribution in [2.45, 2.75) is 6.18 Å². The first-order chi connectivity index (χ1) is 38.2. The summed E-state index contributed by atoms with van der Waals surface area (Å²) in [6.45, 7) is 16.5. The summed E-state index contributed by atoms with van der Waals surface area (Å²) in [7, 11) is 0. The predicted molar refractivity (Wildman–Crippen MR) is 312 cm³/mol. The van der Waals surface area contributed by atoms with Crippen molar-refractivity contribution in [1.29, 1.82) is 0 Å². The Kier molecular flexibility index (Phi) is 9.75. The molecule has 11 aromatic carbocycles. The van der Waals surface area contributed by atoms with Crippen LogP contribution in [0.25, 0.3) is 142 Å². The molecule has 0 radical (unpaired) electrons. The Morgan fingerprint density at radius 2 is 0.718 bits per heavy atom. The maximum Gasteiger partial charge on any atom is 0.415 e. The average molecular weight is 1010 g/mol. The van der Waals surface area contributed by atoms with Gasteiger partial charge in [-0.25, -0.2) is 9.69 Å². The van der Waals surface area contributed by atoms with Crippen molar-refractivity contribution >= 4 is 98.6 Å². The van der Waals surface area contributed by atoms with Gasteiger partial charge in [0.15, 0.2) is 11.4 Å². The standard InChI is InChI=1S/C69H39F3N6/c1-73-44-29-34-65(77-63-25-13-7-19-52(63)56-40-45(30-35-66(56)77)75-59-21-9-3-15-48(59)49-16-4-10-22-60(49)75)55(39-44)54-32-27-42(47-33-28-43(69(70,71)72)38-58(47)74-2)37-68(54)78-64-26-14-8-20-53(64)57-41-46(31-36-67(57)78)76-61-23-11-5-17-50(61)51-18-6-12-24-62(51)76/h3-41H. The minimum absolute atomic E-state index is 0.109. The molecule has 0 spiro atoms. The van der Waals surface area contributed by atoms with E-state index in [0.717, 1.165) is 122 Å². The molecule has 0 fully saturated rings. The van der Waals surface area contributed by atoms with Crippen molar-refractivity contribution in [3.63, 3.8) is 0 Å². The van der Waals surface area contributed by atoms with Crippen molar-refractivity contribution in [3.8, 4) is 45.0 Å². The van der Waals surface area contributed by atoms with E-state index in [1.54, 1.807) is 0 Å². The molecule has 0 bridgehead atoms. The average Bonchev–Trinajstić information content (AvgIpc) is 4.42. The van der Waals surface area contributed by atoms with Crippen LogP contribution in [0.3, 0.4) is 0 Å². The van der Waals surface area contributed by atoms with Crippen LogP contribution < -0.4 is 0 Å². The lowest BCUT2D eigenvalue weighted by Crippen LogP contribution is -2.04. The second-order valence-electron chi connectivity index (χ2n) is 19.7. The Balaban J connectivity index is 1.00. The summed E-state index contributed by atoms with van der Waals surface area (Å²) in [6, 6.07) is 78.7. The van der Waals surface area contributed by atoms with Gasteiger partial charge in [0.1, 0.15) is 0 Å².